The quantitative estimate of drug-likeness (QED) is 0.640. The average Bonchev–Trinajstić information content (AvgIpc) is 2.76. The van der Waals surface area contributed by atoms with Crippen LogP contribution in [0.1, 0.15) is 11.1 Å². The van der Waals surface area contributed by atoms with Gasteiger partial charge in [-0.15, -0.1) is 11.8 Å². The second kappa shape index (κ2) is 11.3. The highest BCUT2D eigenvalue weighted by molar-refractivity contribution is 7.98. The molecule has 0 atom stereocenters. The van der Waals surface area contributed by atoms with Crippen LogP contribution in [0.2, 0.25) is 0 Å². The van der Waals surface area contributed by atoms with Gasteiger partial charge in [0, 0.05) is 37.6 Å². The van der Waals surface area contributed by atoms with E-state index in [0.29, 0.717) is 0 Å². The van der Waals surface area contributed by atoms with Crippen molar-refractivity contribution in [3.63, 3.8) is 0 Å². The van der Waals surface area contributed by atoms with Crippen LogP contribution in [0, 0.1) is 6.92 Å². The van der Waals surface area contributed by atoms with Gasteiger partial charge in [0.05, 0.1) is 18.8 Å². The summed E-state index contributed by atoms with van der Waals surface area (Å²) in [5, 5.41) is 2.95. The lowest BCUT2D eigenvalue weighted by Crippen LogP contribution is -2.51. The maximum absolute atomic E-state index is 12.7. The zero-order chi connectivity index (χ0) is 22.2. The normalized spacial score (nSPS) is 14.6. The number of anilines is 1. The van der Waals surface area contributed by atoms with Crippen molar-refractivity contribution >= 4 is 29.3 Å². The van der Waals surface area contributed by atoms with Crippen molar-refractivity contribution in [2.24, 2.45) is 0 Å². The Labute approximate surface area is 189 Å². The Bertz CT molecular complexity index is 897. The van der Waals surface area contributed by atoms with E-state index in [9.17, 15) is 9.59 Å². The maximum Gasteiger partial charge on any atom is 0.238 e. The Morgan fingerprint density at radius 2 is 1.68 bits per heavy atom. The number of aryl methyl sites for hydroxylation is 1. The number of hydrogen-bond acceptors (Lipinski definition) is 5. The number of nitrogens with one attached hydrogen (secondary N) is 1. The first-order valence-corrected chi connectivity index (χ1v) is 11.8. The standard InChI is InChI=1S/C24H32N4O2S/c1-19-8-4-5-9-20(19)16-27-12-14-28(15-13-27)24(30)18-26(2)17-23(29)25-21-10-6-7-11-22(21)31-3/h4-11H,12-18H2,1-3H3,(H,25,29). The summed E-state index contributed by atoms with van der Waals surface area (Å²) in [7, 11) is 1.81. The Morgan fingerprint density at radius 3 is 2.39 bits per heavy atom. The number of benzene rings is 2. The monoisotopic (exact) mass is 440 g/mol. The van der Waals surface area contributed by atoms with Crippen molar-refractivity contribution in [1.29, 1.82) is 0 Å². The first kappa shape index (κ1) is 23.3. The van der Waals surface area contributed by atoms with Crippen LogP contribution in [0.15, 0.2) is 53.4 Å². The number of hydrogen-bond donors (Lipinski definition) is 1. The highest BCUT2D eigenvalue weighted by atomic mass is 32.2. The van der Waals surface area contributed by atoms with Crippen molar-refractivity contribution in [3.8, 4) is 0 Å². The average molecular weight is 441 g/mol. The van der Waals surface area contributed by atoms with Crippen LogP contribution in [0.3, 0.4) is 0 Å². The molecule has 2 amide bonds. The zero-order valence-electron chi connectivity index (χ0n) is 18.6. The molecule has 0 aromatic heterocycles. The molecule has 1 aliphatic heterocycles. The molecule has 1 N–H and O–H groups in total. The third kappa shape index (κ3) is 6.82. The van der Waals surface area contributed by atoms with E-state index in [0.717, 1.165) is 43.3 Å². The smallest absolute Gasteiger partial charge is 0.238 e. The summed E-state index contributed by atoms with van der Waals surface area (Å²) in [4.78, 5) is 32.2. The lowest BCUT2D eigenvalue weighted by Gasteiger charge is -2.35. The molecule has 1 fully saturated rings. The van der Waals surface area contributed by atoms with Gasteiger partial charge in [-0.25, -0.2) is 0 Å². The number of piperazine rings is 1. The molecule has 31 heavy (non-hydrogen) atoms. The summed E-state index contributed by atoms with van der Waals surface area (Å²) in [5.41, 5.74) is 3.46. The third-order valence-corrected chi connectivity index (χ3v) is 6.38. The van der Waals surface area contributed by atoms with Crippen molar-refractivity contribution in [2.75, 3.05) is 57.9 Å². The van der Waals surface area contributed by atoms with Gasteiger partial charge in [0.15, 0.2) is 0 Å². The Morgan fingerprint density at radius 1 is 1.00 bits per heavy atom. The van der Waals surface area contributed by atoms with E-state index in [-0.39, 0.29) is 24.9 Å². The molecule has 166 valence electrons. The number of para-hydroxylation sites is 1. The lowest BCUT2D eigenvalue weighted by molar-refractivity contribution is -0.134. The van der Waals surface area contributed by atoms with Crippen LogP contribution in [0.4, 0.5) is 5.69 Å². The fourth-order valence-corrected chi connectivity index (χ4v) is 4.31. The predicted molar refractivity (Wildman–Crippen MR) is 127 cm³/mol. The largest absolute Gasteiger partial charge is 0.339 e. The predicted octanol–water partition coefficient (Wildman–Crippen LogP) is 2.93. The summed E-state index contributed by atoms with van der Waals surface area (Å²) in [6, 6.07) is 16.2. The molecule has 1 aliphatic rings. The summed E-state index contributed by atoms with van der Waals surface area (Å²) < 4.78 is 0. The van der Waals surface area contributed by atoms with Crippen LogP contribution in [0.5, 0.6) is 0 Å². The van der Waals surface area contributed by atoms with Crippen LogP contribution in [-0.4, -0.2) is 79.1 Å². The van der Waals surface area contributed by atoms with E-state index in [1.54, 1.807) is 16.7 Å². The third-order valence-electron chi connectivity index (χ3n) is 5.58. The topological polar surface area (TPSA) is 55.9 Å². The van der Waals surface area contributed by atoms with Gasteiger partial charge in [-0.1, -0.05) is 36.4 Å². The molecule has 0 aliphatic carbocycles. The minimum atomic E-state index is -0.111. The Kier molecular flexibility index (Phi) is 8.51. The highest BCUT2D eigenvalue weighted by Gasteiger charge is 2.22. The van der Waals surface area contributed by atoms with Gasteiger partial charge in [0.2, 0.25) is 11.8 Å². The number of carbonyl (C=O) groups is 2. The zero-order valence-corrected chi connectivity index (χ0v) is 19.5. The summed E-state index contributed by atoms with van der Waals surface area (Å²) in [6.45, 7) is 6.69. The van der Waals surface area contributed by atoms with E-state index in [1.807, 2.05) is 42.5 Å². The SMILES string of the molecule is CSc1ccccc1NC(=O)CN(C)CC(=O)N1CCN(Cc2ccccc2C)CC1. The molecule has 0 radical (unpaired) electrons. The van der Waals surface area contributed by atoms with Gasteiger partial charge < -0.3 is 10.2 Å². The number of amides is 2. The maximum atomic E-state index is 12.7. The van der Waals surface area contributed by atoms with Gasteiger partial charge in [0.25, 0.3) is 0 Å². The number of likely N-dealkylation sites (N-methyl/N-ethyl adjacent to an activating group) is 1. The number of carbonyl (C=O) groups excluding carboxylic acids is 2. The second-order valence-electron chi connectivity index (χ2n) is 8.00. The molecule has 2 aromatic carbocycles. The van der Waals surface area contributed by atoms with Gasteiger partial charge in [-0.3, -0.25) is 19.4 Å². The number of rotatable bonds is 8. The summed E-state index contributed by atoms with van der Waals surface area (Å²) >= 11 is 1.59. The molecular formula is C24H32N4O2S. The molecule has 6 nitrogen and oxygen atoms in total. The Hall–Kier alpha value is -2.35. The Balaban J connectivity index is 1.42. The van der Waals surface area contributed by atoms with Crippen molar-refractivity contribution in [2.45, 2.75) is 18.4 Å². The van der Waals surface area contributed by atoms with Crippen LogP contribution >= 0.6 is 11.8 Å². The molecule has 1 heterocycles. The fourth-order valence-electron chi connectivity index (χ4n) is 3.75. The van der Waals surface area contributed by atoms with E-state index in [4.69, 9.17) is 0 Å². The molecule has 0 bridgehead atoms. The van der Waals surface area contributed by atoms with Crippen molar-refractivity contribution < 1.29 is 9.59 Å². The molecule has 1 saturated heterocycles. The minimum absolute atomic E-state index is 0.0790. The molecule has 2 aromatic rings. The summed E-state index contributed by atoms with van der Waals surface area (Å²) in [6.07, 6.45) is 1.98. The molecule has 0 unspecified atom stereocenters. The first-order chi connectivity index (χ1) is 15.0. The van der Waals surface area contributed by atoms with Crippen LogP contribution in [0.25, 0.3) is 0 Å². The van der Waals surface area contributed by atoms with E-state index in [2.05, 4.69) is 41.4 Å². The summed E-state index contributed by atoms with van der Waals surface area (Å²) in [5.74, 6) is -0.0322. The highest BCUT2D eigenvalue weighted by Crippen LogP contribution is 2.24. The number of thioether (sulfide) groups is 1. The van der Waals surface area contributed by atoms with Gasteiger partial charge in [-0.2, -0.15) is 0 Å². The van der Waals surface area contributed by atoms with Crippen LogP contribution < -0.4 is 5.32 Å². The van der Waals surface area contributed by atoms with Crippen molar-refractivity contribution in [3.05, 3.63) is 59.7 Å². The van der Waals surface area contributed by atoms with Gasteiger partial charge >= 0.3 is 0 Å². The lowest BCUT2D eigenvalue weighted by atomic mass is 10.1. The van der Waals surface area contributed by atoms with E-state index in [1.165, 1.54) is 11.1 Å². The van der Waals surface area contributed by atoms with Crippen molar-refractivity contribution in [1.82, 2.24) is 14.7 Å². The molecule has 3 rings (SSSR count). The van der Waals surface area contributed by atoms with Gasteiger partial charge in [-0.05, 0) is 43.5 Å². The second-order valence-corrected chi connectivity index (χ2v) is 8.85. The first-order valence-electron chi connectivity index (χ1n) is 10.6. The van der Waals surface area contributed by atoms with E-state index >= 15 is 0 Å². The van der Waals surface area contributed by atoms with Crippen LogP contribution in [-0.2, 0) is 16.1 Å². The molecule has 0 saturated carbocycles. The molecular weight excluding hydrogens is 408 g/mol. The van der Waals surface area contributed by atoms with Gasteiger partial charge in [0.1, 0.15) is 0 Å². The molecule has 0 spiro atoms. The van der Waals surface area contributed by atoms with E-state index < -0.39 is 0 Å². The fraction of sp³-hybridized carbons (Fsp3) is 0.417. The molecule has 7 heteroatoms. The number of nitrogens with zero attached hydrogens (tertiary/aromatic N) is 3. The minimum Gasteiger partial charge on any atom is -0.339 e.